The molecule has 122 valence electrons. The molecule has 0 spiro atoms. The van der Waals surface area contributed by atoms with E-state index in [0.717, 1.165) is 12.8 Å². The van der Waals surface area contributed by atoms with Gasteiger partial charge in [-0.25, -0.2) is 9.59 Å². The van der Waals surface area contributed by atoms with Gasteiger partial charge in [0.25, 0.3) is 0 Å². The van der Waals surface area contributed by atoms with Crippen LogP contribution < -0.4 is 0 Å². The van der Waals surface area contributed by atoms with E-state index < -0.39 is 5.60 Å². The molecule has 0 aromatic heterocycles. The van der Waals surface area contributed by atoms with Crippen molar-refractivity contribution in [2.24, 2.45) is 5.92 Å². The van der Waals surface area contributed by atoms with Crippen LogP contribution in [-0.4, -0.2) is 55.5 Å². The maximum atomic E-state index is 11.9. The molecule has 6 heteroatoms. The second-order valence-electron chi connectivity index (χ2n) is 6.23. The molecule has 0 bridgehead atoms. The third-order valence-corrected chi connectivity index (χ3v) is 3.15. The molecule has 0 aliphatic carbocycles. The molecule has 1 aliphatic rings. The summed E-state index contributed by atoms with van der Waals surface area (Å²) in [5.74, 6) is 0.0433. The first-order chi connectivity index (χ1) is 9.81. The highest BCUT2D eigenvalue weighted by atomic mass is 16.6. The summed E-state index contributed by atoms with van der Waals surface area (Å²) in [6.45, 7) is 9.59. The van der Waals surface area contributed by atoms with Gasteiger partial charge in [-0.1, -0.05) is 0 Å². The molecule has 1 rings (SSSR count). The molecule has 0 aromatic carbocycles. The topological polar surface area (TPSA) is 65.1 Å². The zero-order valence-corrected chi connectivity index (χ0v) is 13.5. The number of piperidine rings is 1. The Bertz CT molecular complexity index is 342. The van der Waals surface area contributed by atoms with Crippen molar-refractivity contribution in [3.8, 4) is 0 Å². The SMILES string of the molecule is CCOC(=O)COCC1CCN(C(=O)OC(C)(C)C)CC1. The fourth-order valence-electron chi connectivity index (χ4n) is 2.12. The number of hydrogen-bond acceptors (Lipinski definition) is 5. The molecule has 21 heavy (non-hydrogen) atoms. The van der Waals surface area contributed by atoms with Crippen molar-refractivity contribution in [3.05, 3.63) is 0 Å². The molecule has 1 heterocycles. The van der Waals surface area contributed by atoms with Crippen molar-refractivity contribution in [2.45, 2.75) is 46.1 Å². The predicted octanol–water partition coefficient (Wildman–Crippen LogP) is 2.21. The smallest absolute Gasteiger partial charge is 0.410 e. The largest absolute Gasteiger partial charge is 0.464 e. The fraction of sp³-hybridized carbons (Fsp3) is 0.867. The molecule has 1 fully saturated rings. The van der Waals surface area contributed by atoms with Crippen LogP contribution in [0.25, 0.3) is 0 Å². The molecule has 0 atom stereocenters. The minimum Gasteiger partial charge on any atom is -0.464 e. The van der Waals surface area contributed by atoms with E-state index in [9.17, 15) is 9.59 Å². The Labute approximate surface area is 126 Å². The third-order valence-electron chi connectivity index (χ3n) is 3.15. The Morgan fingerprint density at radius 1 is 1.19 bits per heavy atom. The van der Waals surface area contributed by atoms with Gasteiger partial charge in [-0.05, 0) is 46.5 Å². The second kappa shape index (κ2) is 8.22. The number of ether oxygens (including phenoxy) is 3. The Kier molecular flexibility index (Phi) is 6.95. The molecule has 6 nitrogen and oxygen atoms in total. The van der Waals surface area contributed by atoms with Crippen molar-refractivity contribution < 1.29 is 23.8 Å². The van der Waals surface area contributed by atoms with E-state index in [-0.39, 0.29) is 18.7 Å². The zero-order chi connectivity index (χ0) is 15.9. The van der Waals surface area contributed by atoms with Crippen LogP contribution >= 0.6 is 0 Å². The molecule has 1 saturated heterocycles. The van der Waals surface area contributed by atoms with E-state index in [0.29, 0.717) is 32.2 Å². The summed E-state index contributed by atoms with van der Waals surface area (Å²) in [6, 6.07) is 0. The van der Waals surface area contributed by atoms with Gasteiger partial charge in [0.05, 0.1) is 13.2 Å². The van der Waals surface area contributed by atoms with Gasteiger partial charge in [0, 0.05) is 13.1 Å². The summed E-state index contributed by atoms with van der Waals surface area (Å²) in [6.07, 6.45) is 1.47. The van der Waals surface area contributed by atoms with Crippen LogP contribution in [0, 0.1) is 5.92 Å². The molecule has 0 radical (unpaired) electrons. The highest BCUT2D eigenvalue weighted by Crippen LogP contribution is 2.19. The lowest BCUT2D eigenvalue weighted by atomic mass is 9.98. The zero-order valence-electron chi connectivity index (χ0n) is 13.5. The normalized spacial score (nSPS) is 16.7. The van der Waals surface area contributed by atoms with Gasteiger partial charge >= 0.3 is 12.1 Å². The number of hydrogen-bond donors (Lipinski definition) is 0. The molecule has 1 aliphatic heterocycles. The van der Waals surface area contributed by atoms with Crippen LogP contribution in [0.5, 0.6) is 0 Å². The maximum Gasteiger partial charge on any atom is 0.410 e. The van der Waals surface area contributed by atoms with Crippen molar-refractivity contribution >= 4 is 12.1 Å². The average Bonchev–Trinajstić information content (AvgIpc) is 2.38. The van der Waals surface area contributed by atoms with Crippen molar-refractivity contribution in [1.29, 1.82) is 0 Å². The highest BCUT2D eigenvalue weighted by Gasteiger charge is 2.26. The second-order valence-corrected chi connectivity index (χ2v) is 6.23. The lowest BCUT2D eigenvalue weighted by molar-refractivity contribution is -0.149. The van der Waals surface area contributed by atoms with Crippen molar-refractivity contribution in [2.75, 3.05) is 32.9 Å². The summed E-state index contributed by atoms with van der Waals surface area (Å²) in [4.78, 5) is 24.8. The van der Waals surface area contributed by atoms with Crippen LogP contribution in [0.2, 0.25) is 0 Å². The van der Waals surface area contributed by atoms with Gasteiger partial charge in [0.1, 0.15) is 12.2 Å². The van der Waals surface area contributed by atoms with E-state index in [1.165, 1.54) is 0 Å². The number of likely N-dealkylation sites (tertiary alicyclic amines) is 1. The third kappa shape index (κ3) is 7.32. The molecule has 0 saturated carbocycles. The summed E-state index contributed by atoms with van der Waals surface area (Å²) >= 11 is 0. The van der Waals surface area contributed by atoms with E-state index in [1.54, 1.807) is 11.8 Å². The first-order valence-corrected chi connectivity index (χ1v) is 7.53. The quantitative estimate of drug-likeness (QED) is 0.728. The van der Waals surface area contributed by atoms with Crippen LogP contribution in [0.4, 0.5) is 4.79 Å². The lowest BCUT2D eigenvalue weighted by Crippen LogP contribution is -2.42. The van der Waals surface area contributed by atoms with E-state index in [4.69, 9.17) is 14.2 Å². The lowest BCUT2D eigenvalue weighted by Gasteiger charge is -2.33. The molecular formula is C15H27NO5. The standard InChI is InChI=1S/C15H27NO5/c1-5-20-13(17)11-19-10-12-6-8-16(9-7-12)14(18)21-15(2,3)4/h12H,5-11H2,1-4H3. The molecule has 0 aromatic rings. The van der Waals surface area contributed by atoms with E-state index in [1.807, 2.05) is 20.8 Å². The average molecular weight is 301 g/mol. The maximum absolute atomic E-state index is 11.9. The Morgan fingerprint density at radius 2 is 1.81 bits per heavy atom. The minimum absolute atomic E-state index is 0.000119. The van der Waals surface area contributed by atoms with E-state index >= 15 is 0 Å². The Balaban J connectivity index is 2.20. The molecule has 0 unspecified atom stereocenters. The van der Waals surface area contributed by atoms with Crippen LogP contribution in [0.15, 0.2) is 0 Å². The van der Waals surface area contributed by atoms with Gasteiger partial charge in [0.15, 0.2) is 0 Å². The first kappa shape index (κ1) is 17.8. The number of rotatable bonds is 5. The van der Waals surface area contributed by atoms with Crippen LogP contribution in [0.1, 0.15) is 40.5 Å². The summed E-state index contributed by atoms with van der Waals surface area (Å²) in [5.41, 5.74) is -0.462. The van der Waals surface area contributed by atoms with Crippen LogP contribution in [-0.2, 0) is 19.0 Å². The van der Waals surface area contributed by atoms with Crippen LogP contribution in [0.3, 0.4) is 0 Å². The summed E-state index contributed by atoms with van der Waals surface area (Å²) in [7, 11) is 0. The summed E-state index contributed by atoms with van der Waals surface area (Å²) < 4.78 is 15.5. The number of amides is 1. The van der Waals surface area contributed by atoms with Gasteiger partial charge in [0.2, 0.25) is 0 Å². The minimum atomic E-state index is -0.462. The summed E-state index contributed by atoms with van der Waals surface area (Å²) in [5, 5.41) is 0. The number of carbonyl (C=O) groups is 2. The Morgan fingerprint density at radius 3 is 2.33 bits per heavy atom. The first-order valence-electron chi connectivity index (χ1n) is 7.53. The fourth-order valence-corrected chi connectivity index (χ4v) is 2.12. The number of carbonyl (C=O) groups excluding carboxylic acids is 2. The number of esters is 1. The van der Waals surface area contributed by atoms with Gasteiger partial charge in [-0.15, -0.1) is 0 Å². The van der Waals surface area contributed by atoms with Gasteiger partial charge in [-0.3, -0.25) is 0 Å². The highest BCUT2D eigenvalue weighted by molar-refractivity contribution is 5.70. The predicted molar refractivity (Wildman–Crippen MR) is 78.0 cm³/mol. The van der Waals surface area contributed by atoms with Crippen molar-refractivity contribution in [3.63, 3.8) is 0 Å². The molecule has 1 amide bonds. The van der Waals surface area contributed by atoms with Crippen molar-refractivity contribution in [1.82, 2.24) is 4.90 Å². The molecular weight excluding hydrogens is 274 g/mol. The molecule has 0 N–H and O–H groups in total. The van der Waals surface area contributed by atoms with Gasteiger partial charge in [-0.2, -0.15) is 0 Å². The monoisotopic (exact) mass is 301 g/mol. The van der Waals surface area contributed by atoms with E-state index in [2.05, 4.69) is 0 Å². The van der Waals surface area contributed by atoms with Gasteiger partial charge < -0.3 is 19.1 Å². The number of nitrogens with zero attached hydrogens (tertiary/aromatic N) is 1. The Hall–Kier alpha value is -1.30.